The molecule has 1 unspecified atom stereocenters. The zero-order chi connectivity index (χ0) is 22.2. The van der Waals surface area contributed by atoms with Gasteiger partial charge in [-0.05, 0) is 29.0 Å². The molecule has 0 aliphatic carbocycles. The van der Waals surface area contributed by atoms with E-state index in [1.54, 1.807) is 0 Å². The Morgan fingerprint density at radius 3 is 2.00 bits per heavy atom. The molecule has 2 heteroatoms. The molecule has 0 aliphatic heterocycles. The Labute approximate surface area is 193 Å². The van der Waals surface area contributed by atoms with E-state index in [9.17, 15) is 0 Å². The lowest BCUT2D eigenvalue weighted by Gasteiger charge is -2.12. The van der Waals surface area contributed by atoms with Crippen LogP contribution in [0.25, 0.3) is 0 Å². The lowest BCUT2D eigenvalue weighted by molar-refractivity contribution is -0.704. The van der Waals surface area contributed by atoms with Gasteiger partial charge >= 0.3 is 0 Å². The van der Waals surface area contributed by atoms with Gasteiger partial charge in [-0.3, -0.25) is 0 Å². The molecule has 0 bridgehead atoms. The zero-order valence-corrected chi connectivity index (χ0v) is 19.5. The third-order valence-electron chi connectivity index (χ3n) is 6.32. The number of unbranched alkanes of at least 4 members (excludes halogenated alkanes) is 1. The summed E-state index contributed by atoms with van der Waals surface area (Å²) in [5.41, 5.74) is 5.55. The predicted molar refractivity (Wildman–Crippen MR) is 133 cm³/mol. The minimum Gasteiger partial charge on any atom is -0.234 e. The molecule has 2 nitrogen and oxygen atoms in total. The van der Waals surface area contributed by atoms with Crippen molar-refractivity contribution in [3.05, 3.63) is 125 Å². The van der Waals surface area contributed by atoms with Gasteiger partial charge < -0.3 is 0 Å². The number of aryl methyl sites for hydroxylation is 1. The molecule has 4 aromatic rings. The molecule has 1 heterocycles. The molecular formula is C30H35N2+. The quantitative estimate of drug-likeness (QED) is 0.255. The van der Waals surface area contributed by atoms with Gasteiger partial charge in [0.15, 0.2) is 0 Å². The van der Waals surface area contributed by atoms with Gasteiger partial charge in [-0.1, -0.05) is 111 Å². The SMILES string of the molecule is CCCC[n+]1cc(CC(C)c2ccccc2)n(Cc2ccccc2)c1Cc1ccccc1. The van der Waals surface area contributed by atoms with Crippen LogP contribution in [-0.4, -0.2) is 4.57 Å². The highest BCUT2D eigenvalue weighted by Crippen LogP contribution is 2.22. The summed E-state index contributed by atoms with van der Waals surface area (Å²) in [6.07, 6.45) is 6.83. The van der Waals surface area contributed by atoms with E-state index in [0.717, 1.165) is 25.9 Å². The highest BCUT2D eigenvalue weighted by Gasteiger charge is 2.25. The van der Waals surface area contributed by atoms with Crippen molar-refractivity contribution < 1.29 is 4.57 Å². The fourth-order valence-electron chi connectivity index (χ4n) is 4.48. The van der Waals surface area contributed by atoms with Gasteiger partial charge in [0.2, 0.25) is 0 Å². The van der Waals surface area contributed by atoms with Crippen LogP contribution in [0.3, 0.4) is 0 Å². The van der Waals surface area contributed by atoms with Crippen molar-refractivity contribution in [2.75, 3.05) is 0 Å². The largest absolute Gasteiger partial charge is 0.261 e. The second kappa shape index (κ2) is 10.9. The van der Waals surface area contributed by atoms with Crippen LogP contribution in [0.2, 0.25) is 0 Å². The van der Waals surface area contributed by atoms with E-state index >= 15 is 0 Å². The Hall–Kier alpha value is -3.13. The summed E-state index contributed by atoms with van der Waals surface area (Å²) in [6.45, 7) is 6.62. The van der Waals surface area contributed by atoms with Crippen molar-refractivity contribution in [1.82, 2.24) is 4.57 Å². The summed E-state index contributed by atoms with van der Waals surface area (Å²) in [7, 11) is 0. The standard InChI is InChI=1S/C30H35N2/c1-3-4-20-31-24-29(21-25(2)28-18-12-7-13-19-28)32(23-27-16-10-6-11-17-27)30(31)22-26-14-8-5-9-15-26/h5-19,24-25H,3-4,20-23H2,1-2H3/q+1. The third kappa shape index (κ3) is 5.56. The van der Waals surface area contributed by atoms with Crippen LogP contribution in [-0.2, 0) is 25.9 Å². The molecule has 164 valence electrons. The van der Waals surface area contributed by atoms with Crippen LogP contribution >= 0.6 is 0 Å². The molecular weight excluding hydrogens is 388 g/mol. The third-order valence-corrected chi connectivity index (χ3v) is 6.32. The lowest BCUT2D eigenvalue weighted by Crippen LogP contribution is -2.37. The maximum absolute atomic E-state index is 2.58. The molecule has 0 fully saturated rings. The number of imidazole rings is 1. The number of aromatic nitrogens is 2. The van der Waals surface area contributed by atoms with E-state index in [2.05, 4.69) is 120 Å². The van der Waals surface area contributed by atoms with Gasteiger partial charge in [-0.25, -0.2) is 9.13 Å². The molecule has 0 spiro atoms. The van der Waals surface area contributed by atoms with Crippen LogP contribution in [0.1, 0.15) is 60.8 Å². The number of rotatable bonds is 10. The van der Waals surface area contributed by atoms with E-state index in [4.69, 9.17) is 0 Å². The van der Waals surface area contributed by atoms with E-state index < -0.39 is 0 Å². The van der Waals surface area contributed by atoms with E-state index in [-0.39, 0.29) is 0 Å². The maximum atomic E-state index is 2.58. The van der Waals surface area contributed by atoms with Crippen molar-refractivity contribution in [1.29, 1.82) is 0 Å². The first-order valence-corrected chi connectivity index (χ1v) is 12.0. The second-order valence-electron chi connectivity index (χ2n) is 8.83. The number of hydrogen-bond donors (Lipinski definition) is 0. The first-order valence-electron chi connectivity index (χ1n) is 12.0. The minimum absolute atomic E-state index is 0.477. The Balaban J connectivity index is 1.74. The fraction of sp³-hybridized carbons (Fsp3) is 0.300. The number of nitrogens with zero attached hydrogens (tertiary/aromatic N) is 2. The normalized spacial score (nSPS) is 12.1. The average Bonchev–Trinajstić information content (AvgIpc) is 3.15. The molecule has 4 rings (SSSR count). The van der Waals surface area contributed by atoms with Crippen molar-refractivity contribution in [2.45, 2.75) is 58.5 Å². The molecule has 3 aromatic carbocycles. The van der Waals surface area contributed by atoms with Gasteiger partial charge in [0, 0.05) is 6.42 Å². The summed E-state index contributed by atoms with van der Waals surface area (Å²) in [6, 6.07) is 32.7. The van der Waals surface area contributed by atoms with E-state index in [0.29, 0.717) is 5.92 Å². The molecule has 0 aliphatic rings. The van der Waals surface area contributed by atoms with Gasteiger partial charge in [-0.2, -0.15) is 0 Å². The van der Waals surface area contributed by atoms with Crippen molar-refractivity contribution >= 4 is 0 Å². The molecule has 0 radical (unpaired) electrons. The lowest BCUT2D eigenvalue weighted by atomic mass is 9.96. The summed E-state index contributed by atoms with van der Waals surface area (Å²) < 4.78 is 5.10. The van der Waals surface area contributed by atoms with Crippen LogP contribution in [0.4, 0.5) is 0 Å². The van der Waals surface area contributed by atoms with Crippen molar-refractivity contribution in [3.63, 3.8) is 0 Å². The van der Waals surface area contributed by atoms with Gasteiger partial charge in [0.25, 0.3) is 5.82 Å². The Morgan fingerprint density at radius 2 is 1.38 bits per heavy atom. The maximum Gasteiger partial charge on any atom is 0.261 e. The monoisotopic (exact) mass is 423 g/mol. The molecule has 0 saturated carbocycles. The molecule has 1 atom stereocenters. The molecule has 0 saturated heterocycles. The summed E-state index contributed by atoms with van der Waals surface area (Å²) in [5.74, 6) is 1.88. The Kier molecular flexibility index (Phi) is 7.55. The summed E-state index contributed by atoms with van der Waals surface area (Å²) >= 11 is 0. The van der Waals surface area contributed by atoms with Crippen molar-refractivity contribution in [2.24, 2.45) is 0 Å². The van der Waals surface area contributed by atoms with E-state index in [1.807, 2.05) is 0 Å². The average molecular weight is 424 g/mol. The van der Waals surface area contributed by atoms with Crippen LogP contribution in [0.5, 0.6) is 0 Å². The summed E-state index contributed by atoms with van der Waals surface area (Å²) in [4.78, 5) is 0. The topological polar surface area (TPSA) is 8.81 Å². The molecule has 32 heavy (non-hydrogen) atoms. The van der Waals surface area contributed by atoms with Crippen LogP contribution in [0.15, 0.2) is 97.2 Å². The second-order valence-corrected chi connectivity index (χ2v) is 8.83. The highest BCUT2D eigenvalue weighted by atomic mass is 15.2. The summed E-state index contributed by atoms with van der Waals surface area (Å²) in [5, 5.41) is 0. The van der Waals surface area contributed by atoms with Gasteiger partial charge in [-0.15, -0.1) is 0 Å². The fourth-order valence-corrected chi connectivity index (χ4v) is 4.48. The first-order chi connectivity index (χ1) is 15.7. The zero-order valence-electron chi connectivity index (χ0n) is 19.5. The van der Waals surface area contributed by atoms with Gasteiger partial charge in [0.1, 0.15) is 18.4 Å². The highest BCUT2D eigenvalue weighted by molar-refractivity contribution is 5.24. The Morgan fingerprint density at radius 1 is 0.781 bits per heavy atom. The van der Waals surface area contributed by atoms with Crippen LogP contribution in [0, 0.1) is 0 Å². The van der Waals surface area contributed by atoms with Crippen molar-refractivity contribution in [3.8, 4) is 0 Å². The molecule has 0 N–H and O–H groups in total. The number of hydrogen-bond acceptors (Lipinski definition) is 0. The van der Waals surface area contributed by atoms with Gasteiger partial charge in [0.05, 0.1) is 13.0 Å². The smallest absolute Gasteiger partial charge is 0.234 e. The molecule has 1 aromatic heterocycles. The van der Waals surface area contributed by atoms with Crippen LogP contribution < -0.4 is 4.57 Å². The minimum atomic E-state index is 0.477. The molecule has 0 amide bonds. The Bertz CT molecular complexity index is 1080. The number of benzene rings is 3. The van der Waals surface area contributed by atoms with E-state index in [1.165, 1.54) is 41.1 Å². The first kappa shape index (κ1) is 22.1. The predicted octanol–water partition coefficient (Wildman–Crippen LogP) is 6.56.